The summed E-state index contributed by atoms with van der Waals surface area (Å²) in [6, 6.07) is 6.04. The highest BCUT2D eigenvalue weighted by molar-refractivity contribution is 8.00. The van der Waals surface area contributed by atoms with Crippen molar-refractivity contribution in [2.45, 2.75) is 19.1 Å². The summed E-state index contributed by atoms with van der Waals surface area (Å²) in [6.45, 7) is 5.60. The first-order valence-corrected chi connectivity index (χ1v) is 6.51. The molecule has 0 N–H and O–H groups in total. The first-order valence-electron chi connectivity index (χ1n) is 5.46. The SMILES string of the molecule is Cc1ccc(C)c(C(=O)CSC2COC2)c1. The monoisotopic (exact) mass is 236 g/mol. The molecule has 0 bridgehead atoms. The quantitative estimate of drug-likeness (QED) is 0.752. The number of carbonyl (C=O) groups excluding carboxylic acids is 1. The summed E-state index contributed by atoms with van der Waals surface area (Å²) in [6.07, 6.45) is 0. The molecule has 0 aromatic heterocycles. The Hall–Kier alpha value is -0.800. The van der Waals surface area contributed by atoms with E-state index in [1.165, 1.54) is 0 Å². The molecule has 0 aliphatic carbocycles. The van der Waals surface area contributed by atoms with Crippen molar-refractivity contribution in [3.8, 4) is 0 Å². The van der Waals surface area contributed by atoms with E-state index in [1.807, 2.05) is 32.0 Å². The molecular weight excluding hydrogens is 220 g/mol. The van der Waals surface area contributed by atoms with Gasteiger partial charge in [0.15, 0.2) is 5.78 Å². The lowest BCUT2D eigenvalue weighted by atomic mass is 10.0. The molecule has 1 aromatic rings. The highest BCUT2D eigenvalue weighted by atomic mass is 32.2. The molecule has 1 aromatic carbocycles. The van der Waals surface area contributed by atoms with Crippen LogP contribution in [0.15, 0.2) is 18.2 Å². The van der Waals surface area contributed by atoms with Gasteiger partial charge in [-0.15, -0.1) is 11.8 Å². The van der Waals surface area contributed by atoms with Crippen LogP contribution in [0, 0.1) is 13.8 Å². The van der Waals surface area contributed by atoms with Crippen LogP contribution < -0.4 is 0 Å². The smallest absolute Gasteiger partial charge is 0.173 e. The van der Waals surface area contributed by atoms with Gasteiger partial charge in [-0.25, -0.2) is 0 Å². The number of aryl methyl sites for hydroxylation is 2. The van der Waals surface area contributed by atoms with E-state index in [-0.39, 0.29) is 5.78 Å². The summed E-state index contributed by atoms with van der Waals surface area (Å²) in [5.74, 6) is 0.802. The summed E-state index contributed by atoms with van der Waals surface area (Å²) >= 11 is 1.71. The van der Waals surface area contributed by atoms with Crippen molar-refractivity contribution in [1.29, 1.82) is 0 Å². The van der Waals surface area contributed by atoms with Crippen molar-refractivity contribution < 1.29 is 9.53 Å². The maximum Gasteiger partial charge on any atom is 0.173 e. The molecule has 1 saturated heterocycles. The minimum Gasteiger partial charge on any atom is -0.379 e. The average Bonchev–Trinajstić information content (AvgIpc) is 2.19. The molecule has 0 unspecified atom stereocenters. The first kappa shape index (κ1) is 11.7. The van der Waals surface area contributed by atoms with E-state index in [0.717, 1.165) is 29.9 Å². The predicted octanol–water partition coefficient (Wildman–Crippen LogP) is 2.62. The Balaban J connectivity index is 1.99. The summed E-state index contributed by atoms with van der Waals surface area (Å²) in [5, 5.41) is 0.522. The van der Waals surface area contributed by atoms with Gasteiger partial charge >= 0.3 is 0 Å². The minimum absolute atomic E-state index is 0.234. The second kappa shape index (κ2) is 5.02. The van der Waals surface area contributed by atoms with Crippen molar-refractivity contribution >= 4 is 17.5 Å². The molecule has 0 amide bonds. The second-order valence-electron chi connectivity index (χ2n) is 4.21. The average molecular weight is 236 g/mol. The van der Waals surface area contributed by atoms with Gasteiger partial charge in [0.1, 0.15) is 0 Å². The number of carbonyl (C=O) groups is 1. The molecule has 2 rings (SSSR count). The van der Waals surface area contributed by atoms with Crippen LogP contribution >= 0.6 is 11.8 Å². The van der Waals surface area contributed by atoms with Gasteiger partial charge in [-0.2, -0.15) is 0 Å². The second-order valence-corrected chi connectivity index (χ2v) is 5.50. The van der Waals surface area contributed by atoms with E-state index in [2.05, 4.69) is 0 Å². The zero-order valence-corrected chi connectivity index (χ0v) is 10.5. The van der Waals surface area contributed by atoms with E-state index < -0.39 is 0 Å². The zero-order chi connectivity index (χ0) is 11.5. The number of rotatable bonds is 4. The van der Waals surface area contributed by atoms with Crippen LogP contribution in [-0.2, 0) is 4.74 Å². The Morgan fingerprint density at radius 3 is 2.81 bits per heavy atom. The highest BCUT2D eigenvalue weighted by Crippen LogP contribution is 2.21. The molecule has 16 heavy (non-hydrogen) atoms. The van der Waals surface area contributed by atoms with Gasteiger partial charge in [0.25, 0.3) is 0 Å². The van der Waals surface area contributed by atoms with E-state index in [1.54, 1.807) is 11.8 Å². The maximum atomic E-state index is 12.0. The summed E-state index contributed by atoms with van der Waals surface area (Å²) in [7, 11) is 0. The number of ether oxygens (including phenoxy) is 1. The molecule has 0 saturated carbocycles. The fourth-order valence-corrected chi connectivity index (χ4v) is 2.55. The Bertz CT molecular complexity index is 397. The lowest BCUT2D eigenvalue weighted by molar-refractivity contribution is 0.0455. The standard InChI is InChI=1S/C13H16O2S/c1-9-3-4-10(2)12(5-9)13(14)8-16-11-6-15-7-11/h3-5,11H,6-8H2,1-2H3. The van der Waals surface area contributed by atoms with E-state index >= 15 is 0 Å². The highest BCUT2D eigenvalue weighted by Gasteiger charge is 2.20. The zero-order valence-electron chi connectivity index (χ0n) is 9.66. The van der Waals surface area contributed by atoms with Crippen molar-refractivity contribution in [1.82, 2.24) is 0 Å². The van der Waals surface area contributed by atoms with Gasteiger partial charge in [0.2, 0.25) is 0 Å². The van der Waals surface area contributed by atoms with Crippen LogP contribution in [0.4, 0.5) is 0 Å². The van der Waals surface area contributed by atoms with Crippen LogP contribution in [0.3, 0.4) is 0 Å². The van der Waals surface area contributed by atoms with Gasteiger partial charge < -0.3 is 4.74 Å². The largest absolute Gasteiger partial charge is 0.379 e. The summed E-state index contributed by atoms with van der Waals surface area (Å²) in [5.41, 5.74) is 3.08. The maximum absolute atomic E-state index is 12.0. The third-order valence-electron chi connectivity index (χ3n) is 2.75. The third-order valence-corrected chi connectivity index (χ3v) is 3.92. The molecule has 1 aliphatic heterocycles. The predicted molar refractivity (Wildman–Crippen MR) is 67.3 cm³/mol. The van der Waals surface area contributed by atoms with Crippen molar-refractivity contribution in [3.63, 3.8) is 0 Å². The van der Waals surface area contributed by atoms with Crippen molar-refractivity contribution in [3.05, 3.63) is 34.9 Å². The Morgan fingerprint density at radius 1 is 1.44 bits per heavy atom. The Morgan fingerprint density at radius 2 is 2.19 bits per heavy atom. The van der Waals surface area contributed by atoms with Gasteiger partial charge in [0, 0.05) is 5.56 Å². The summed E-state index contributed by atoms with van der Waals surface area (Å²) in [4.78, 5) is 12.0. The molecular formula is C13H16O2S. The van der Waals surface area contributed by atoms with Crippen molar-refractivity contribution in [2.75, 3.05) is 19.0 Å². The van der Waals surface area contributed by atoms with Crippen LogP contribution in [0.2, 0.25) is 0 Å². The normalized spacial score (nSPS) is 15.9. The number of ketones is 1. The summed E-state index contributed by atoms with van der Waals surface area (Å²) < 4.78 is 5.08. The fourth-order valence-electron chi connectivity index (χ4n) is 1.62. The number of thioether (sulfide) groups is 1. The lowest BCUT2D eigenvalue weighted by Crippen LogP contribution is -2.31. The molecule has 2 nitrogen and oxygen atoms in total. The van der Waals surface area contributed by atoms with Crippen LogP contribution in [0.5, 0.6) is 0 Å². The molecule has 1 fully saturated rings. The molecule has 0 spiro atoms. The van der Waals surface area contributed by atoms with E-state index in [0.29, 0.717) is 11.0 Å². The topological polar surface area (TPSA) is 26.3 Å². The number of Topliss-reactive ketones (excluding diaryl/α,β-unsaturated/α-hetero) is 1. The molecule has 86 valence electrons. The Labute approximate surface area is 100 Å². The van der Waals surface area contributed by atoms with Crippen LogP contribution in [0.25, 0.3) is 0 Å². The van der Waals surface area contributed by atoms with Crippen molar-refractivity contribution in [2.24, 2.45) is 0 Å². The lowest BCUT2D eigenvalue weighted by Gasteiger charge is -2.24. The third kappa shape index (κ3) is 2.66. The Kier molecular flexibility index (Phi) is 3.66. The number of hydrogen-bond donors (Lipinski definition) is 0. The van der Waals surface area contributed by atoms with Crippen LogP contribution in [0.1, 0.15) is 21.5 Å². The number of benzene rings is 1. The molecule has 3 heteroatoms. The fraction of sp³-hybridized carbons (Fsp3) is 0.462. The van der Waals surface area contributed by atoms with Gasteiger partial charge in [-0.05, 0) is 25.5 Å². The van der Waals surface area contributed by atoms with E-state index in [4.69, 9.17) is 4.74 Å². The van der Waals surface area contributed by atoms with Crippen LogP contribution in [-0.4, -0.2) is 30.0 Å². The minimum atomic E-state index is 0.234. The molecule has 0 radical (unpaired) electrons. The van der Waals surface area contributed by atoms with Gasteiger partial charge in [0.05, 0.1) is 24.2 Å². The first-order chi connectivity index (χ1) is 7.66. The molecule has 1 aliphatic rings. The molecule has 1 heterocycles. The van der Waals surface area contributed by atoms with Gasteiger partial charge in [-0.1, -0.05) is 17.7 Å². The van der Waals surface area contributed by atoms with E-state index in [9.17, 15) is 4.79 Å². The molecule has 0 atom stereocenters. The number of hydrogen-bond acceptors (Lipinski definition) is 3. The van der Waals surface area contributed by atoms with Gasteiger partial charge in [-0.3, -0.25) is 4.79 Å².